The van der Waals surface area contributed by atoms with Gasteiger partial charge < -0.3 is 19.7 Å². The maximum Gasteiger partial charge on any atom is 0.298 e. The number of aryl methyl sites for hydroxylation is 3. The second kappa shape index (κ2) is 11.5. The van der Waals surface area contributed by atoms with E-state index in [2.05, 4.69) is 51.7 Å². The summed E-state index contributed by atoms with van der Waals surface area (Å²) in [7, 11) is 0. The Bertz CT molecular complexity index is 1370. The summed E-state index contributed by atoms with van der Waals surface area (Å²) < 4.78 is 2.14. The smallest absolute Gasteiger partial charge is 0.298 e. The number of rotatable bonds is 6. The summed E-state index contributed by atoms with van der Waals surface area (Å²) in [5.74, 6) is 0.526. The Hall–Kier alpha value is -3.61. The van der Waals surface area contributed by atoms with Gasteiger partial charge in [-0.2, -0.15) is 0 Å². The number of anilines is 3. The predicted octanol–water partition coefficient (Wildman–Crippen LogP) is 6.03. The summed E-state index contributed by atoms with van der Waals surface area (Å²) >= 11 is 0. The molecule has 0 bridgehead atoms. The van der Waals surface area contributed by atoms with E-state index in [0.29, 0.717) is 17.3 Å². The molecule has 1 amide bonds. The largest absolute Gasteiger partial charge is 0.370 e. The van der Waals surface area contributed by atoms with Crippen LogP contribution in [0.1, 0.15) is 83.9 Å². The lowest BCUT2D eigenvalue weighted by Gasteiger charge is -2.25. The van der Waals surface area contributed by atoms with Crippen molar-refractivity contribution in [2.24, 2.45) is 0 Å². The van der Waals surface area contributed by atoms with Crippen molar-refractivity contribution in [1.82, 2.24) is 9.55 Å². The highest BCUT2D eigenvalue weighted by Crippen LogP contribution is 2.38. The first kappa shape index (κ1) is 26.6. The third-order valence-electron chi connectivity index (χ3n) is 8.89. The lowest BCUT2D eigenvalue weighted by atomic mass is 9.95. The molecule has 40 heavy (non-hydrogen) atoms. The first-order valence-corrected chi connectivity index (χ1v) is 15.1. The topological polar surface area (TPSA) is 70.5 Å². The van der Waals surface area contributed by atoms with Crippen LogP contribution < -0.4 is 15.1 Å². The normalized spacial score (nSPS) is 17.9. The number of fused-ring (bicyclic) bond motifs is 1. The molecule has 4 heterocycles. The van der Waals surface area contributed by atoms with Crippen LogP contribution in [0.25, 0.3) is 0 Å². The molecule has 0 radical (unpaired) electrons. The van der Waals surface area contributed by atoms with E-state index in [-0.39, 0.29) is 0 Å². The number of nitrogens with zero attached hydrogens (tertiary/aromatic N) is 4. The molecule has 1 N–H and O–H groups in total. The standard InChI is InChI=1S/C33H41N5O2/c1-23-20-24(2)34-30(21-23)37-16-7-15-36(18-19-37)27-13-11-26(12-14-27)35-33(40)32(39)31-29(25-8-3-4-9-25)22-28-10-5-6-17-38(28)31/h11-14,20-22,25H,3-10,15-19H2,1-2H3,(H,35,40). The summed E-state index contributed by atoms with van der Waals surface area (Å²) in [6, 6.07) is 14.4. The van der Waals surface area contributed by atoms with Gasteiger partial charge in [0.15, 0.2) is 0 Å². The van der Waals surface area contributed by atoms with Crippen molar-refractivity contribution in [3.05, 3.63) is 70.7 Å². The van der Waals surface area contributed by atoms with Gasteiger partial charge in [-0.3, -0.25) is 9.59 Å². The van der Waals surface area contributed by atoms with Crippen LogP contribution in [0.5, 0.6) is 0 Å². The number of pyridine rings is 1. The second-order valence-electron chi connectivity index (χ2n) is 11.8. The molecule has 3 aromatic rings. The first-order chi connectivity index (χ1) is 19.5. The molecule has 0 unspecified atom stereocenters. The summed E-state index contributed by atoms with van der Waals surface area (Å²) in [5.41, 5.74) is 7.05. The number of ketones is 1. The fraction of sp³-hybridized carbons (Fsp3) is 0.485. The van der Waals surface area contributed by atoms with Gasteiger partial charge in [0.2, 0.25) is 0 Å². The van der Waals surface area contributed by atoms with Crippen LogP contribution in [0.15, 0.2) is 42.5 Å². The molecular weight excluding hydrogens is 498 g/mol. The average molecular weight is 540 g/mol. The van der Waals surface area contributed by atoms with Crippen LogP contribution in [0.4, 0.5) is 17.2 Å². The molecule has 7 nitrogen and oxygen atoms in total. The molecule has 0 spiro atoms. The van der Waals surface area contributed by atoms with Crippen molar-refractivity contribution >= 4 is 28.9 Å². The van der Waals surface area contributed by atoms with E-state index in [1.54, 1.807) is 0 Å². The maximum atomic E-state index is 13.6. The Labute approximate surface area is 237 Å². The first-order valence-electron chi connectivity index (χ1n) is 15.1. The molecular formula is C33H41N5O2. The quantitative estimate of drug-likeness (QED) is 0.306. The molecule has 210 valence electrons. The monoisotopic (exact) mass is 539 g/mol. The number of benzene rings is 1. The van der Waals surface area contributed by atoms with Crippen molar-refractivity contribution < 1.29 is 9.59 Å². The van der Waals surface area contributed by atoms with Crippen LogP contribution in [0.2, 0.25) is 0 Å². The van der Waals surface area contributed by atoms with Crippen molar-refractivity contribution in [3.63, 3.8) is 0 Å². The molecule has 2 fully saturated rings. The van der Waals surface area contributed by atoms with E-state index in [0.717, 1.165) is 94.0 Å². The Balaban J connectivity index is 1.12. The summed E-state index contributed by atoms with van der Waals surface area (Å²) in [6.45, 7) is 8.77. The number of hydrogen-bond donors (Lipinski definition) is 1. The number of carbonyl (C=O) groups excluding carboxylic acids is 2. The van der Waals surface area contributed by atoms with Gasteiger partial charge in [0, 0.05) is 55.5 Å². The van der Waals surface area contributed by atoms with Gasteiger partial charge in [0.25, 0.3) is 11.7 Å². The van der Waals surface area contributed by atoms with Gasteiger partial charge in [-0.1, -0.05) is 12.8 Å². The van der Waals surface area contributed by atoms with E-state index in [4.69, 9.17) is 4.98 Å². The van der Waals surface area contributed by atoms with Crippen molar-refractivity contribution in [1.29, 1.82) is 0 Å². The van der Waals surface area contributed by atoms with Gasteiger partial charge >= 0.3 is 0 Å². The summed E-state index contributed by atoms with van der Waals surface area (Å²) in [6.07, 6.45) is 8.88. The number of nitrogens with one attached hydrogen (secondary N) is 1. The fourth-order valence-electron chi connectivity index (χ4n) is 6.90. The molecule has 7 heteroatoms. The molecule has 2 aromatic heterocycles. The van der Waals surface area contributed by atoms with E-state index in [1.807, 2.05) is 24.3 Å². The van der Waals surface area contributed by atoms with Crippen molar-refractivity contribution in [3.8, 4) is 0 Å². The van der Waals surface area contributed by atoms with Crippen LogP contribution >= 0.6 is 0 Å². The van der Waals surface area contributed by atoms with Gasteiger partial charge in [-0.15, -0.1) is 0 Å². The predicted molar refractivity (Wildman–Crippen MR) is 161 cm³/mol. The number of aromatic nitrogens is 2. The Morgan fingerprint density at radius 3 is 2.35 bits per heavy atom. The molecule has 1 aromatic carbocycles. The van der Waals surface area contributed by atoms with Crippen LogP contribution in [-0.4, -0.2) is 47.4 Å². The lowest BCUT2D eigenvalue weighted by Crippen LogP contribution is -2.31. The Morgan fingerprint density at radius 2 is 1.57 bits per heavy atom. The van der Waals surface area contributed by atoms with Crippen LogP contribution in [0, 0.1) is 13.8 Å². The minimum atomic E-state index is -0.537. The SMILES string of the molecule is Cc1cc(C)nc(N2CCCN(c3ccc(NC(=O)C(=O)c4c(C5CCCC5)cc5n4CCCC5)cc3)CC2)c1. The number of carbonyl (C=O) groups is 2. The van der Waals surface area contributed by atoms with Crippen molar-refractivity contribution in [2.75, 3.05) is 41.3 Å². The minimum absolute atomic E-state index is 0.397. The average Bonchev–Trinajstić information content (AvgIpc) is 3.54. The minimum Gasteiger partial charge on any atom is -0.370 e. The highest BCUT2D eigenvalue weighted by Gasteiger charge is 2.32. The molecule has 2 aliphatic heterocycles. The summed E-state index contributed by atoms with van der Waals surface area (Å²) in [5, 5.41) is 2.90. The third kappa shape index (κ3) is 5.51. The molecule has 1 saturated carbocycles. The fourth-order valence-corrected chi connectivity index (χ4v) is 6.90. The summed E-state index contributed by atoms with van der Waals surface area (Å²) in [4.78, 5) is 36.3. The molecule has 1 saturated heterocycles. The molecule has 3 aliphatic rings. The van der Waals surface area contributed by atoms with Crippen molar-refractivity contribution in [2.45, 2.75) is 77.7 Å². The third-order valence-corrected chi connectivity index (χ3v) is 8.89. The lowest BCUT2D eigenvalue weighted by molar-refractivity contribution is -0.112. The maximum absolute atomic E-state index is 13.6. The molecule has 6 rings (SSSR count). The van der Waals surface area contributed by atoms with Gasteiger partial charge in [0.1, 0.15) is 5.82 Å². The number of hydrogen-bond acceptors (Lipinski definition) is 5. The Morgan fingerprint density at radius 1 is 0.825 bits per heavy atom. The second-order valence-corrected chi connectivity index (χ2v) is 11.8. The number of Topliss-reactive ketones (excluding diaryl/α,β-unsaturated/α-hetero) is 1. The van der Waals surface area contributed by atoms with Gasteiger partial charge in [-0.05, 0) is 112 Å². The zero-order valence-electron chi connectivity index (χ0n) is 23.9. The highest BCUT2D eigenvalue weighted by atomic mass is 16.2. The van der Waals surface area contributed by atoms with E-state index >= 15 is 0 Å². The zero-order valence-corrected chi connectivity index (χ0v) is 23.9. The van der Waals surface area contributed by atoms with E-state index in [1.165, 1.54) is 24.1 Å². The van der Waals surface area contributed by atoms with Crippen LogP contribution in [0.3, 0.4) is 0 Å². The van der Waals surface area contributed by atoms with E-state index in [9.17, 15) is 9.59 Å². The zero-order chi connectivity index (χ0) is 27.6. The van der Waals surface area contributed by atoms with Crippen LogP contribution in [-0.2, 0) is 17.8 Å². The Kier molecular flexibility index (Phi) is 7.63. The van der Waals surface area contributed by atoms with Gasteiger partial charge in [-0.25, -0.2) is 4.98 Å². The van der Waals surface area contributed by atoms with Gasteiger partial charge in [0.05, 0.1) is 5.69 Å². The highest BCUT2D eigenvalue weighted by molar-refractivity contribution is 6.46. The molecule has 0 atom stereocenters. The molecule has 1 aliphatic carbocycles. The van der Waals surface area contributed by atoms with E-state index < -0.39 is 11.7 Å². The number of amides is 1.